The first-order valence-electron chi connectivity index (χ1n) is 21.8. The molecule has 5 saturated heterocycles. The van der Waals surface area contributed by atoms with Crippen LogP contribution in [-0.4, -0.2) is 124 Å². The number of hydrogen-bond acceptors (Lipinski definition) is 12. The van der Waals surface area contributed by atoms with E-state index in [1.54, 1.807) is 40.7 Å². The number of quaternary nitrogens is 2. The summed E-state index contributed by atoms with van der Waals surface area (Å²) >= 11 is 0. The van der Waals surface area contributed by atoms with Crippen LogP contribution in [0.1, 0.15) is 71.6 Å². The van der Waals surface area contributed by atoms with Crippen molar-refractivity contribution in [2.45, 2.75) is 125 Å². The standard InChI is InChI=1S/C43H60N4O9S2/c1-4-21(9-10-48)41(53)56-42(2)26(19-49)12-25-20-57-58-33-14-28-30(50)7-6-29-37(39(28)45-3)40(33)47(29)35(51)13-24-18-46-34(44)15-27(24)38(25)43(42)17-23-11-22-5-8-36(52)54-31(22)16-32(23)55-43/h4,6-7,12,22-24,26-29,31-34,37-40,45-46,48-49H,5,8-11,13-20,44H2,1-3H3/p+2/t22?,23?,24?,26-,27?,28+,29+,31?,32?,33+,34?,37-,38+,39-,40-,42+,43+/m1/s1. The number of aliphatic hydroxyl groups excluding tert-OH is 2. The largest absolute Gasteiger partial charge is 0.462 e. The number of hydrogen-bond donors (Lipinski definition) is 5. The van der Waals surface area contributed by atoms with Crippen molar-refractivity contribution in [1.29, 1.82) is 0 Å². The van der Waals surface area contributed by atoms with Crippen molar-refractivity contribution in [3.05, 3.63) is 35.5 Å². The second-order valence-corrected chi connectivity index (χ2v) is 21.5. The van der Waals surface area contributed by atoms with Gasteiger partial charge in [0.1, 0.15) is 29.5 Å². The van der Waals surface area contributed by atoms with Gasteiger partial charge in [-0.25, -0.2) is 4.79 Å². The van der Waals surface area contributed by atoms with Gasteiger partial charge in [0.05, 0.1) is 50.2 Å². The highest BCUT2D eigenvalue weighted by molar-refractivity contribution is 8.77. The van der Waals surface area contributed by atoms with Crippen LogP contribution in [0.15, 0.2) is 35.5 Å². The average molecular weight is 843 g/mol. The Balaban J connectivity index is 1.16. The number of piperidine rings is 1. The summed E-state index contributed by atoms with van der Waals surface area (Å²) in [6.07, 6.45) is 11.8. The minimum absolute atomic E-state index is 0.0460. The van der Waals surface area contributed by atoms with Crippen molar-refractivity contribution < 1.29 is 54.2 Å². The first-order valence-corrected chi connectivity index (χ1v) is 24.2. The SMILES string of the molecule is CC=C(CCO)C(=O)O[C@@]1(C)[C@@H](CO)C=C2CSS[C@H]3C[C@H]4C(=O)C=C[C@H]5[C@H]([C@@H]4[NH2+]C)[C@@H]3N5C(=O)CC3C[NH2+]C(N)CC3[C@H]2[C@@]12CC1CC3CCC(=O)OC3CC1O2. The number of carbonyl (C=O) groups is 4. The van der Waals surface area contributed by atoms with Gasteiger partial charge in [-0.3, -0.25) is 20.1 Å². The van der Waals surface area contributed by atoms with Crippen LogP contribution >= 0.6 is 21.6 Å². The van der Waals surface area contributed by atoms with Crippen LogP contribution in [0.2, 0.25) is 0 Å². The molecule has 17 atom stereocenters. The lowest BCUT2D eigenvalue weighted by atomic mass is 9.53. The third-order valence-corrected chi connectivity index (χ3v) is 19.1. The van der Waals surface area contributed by atoms with E-state index in [9.17, 15) is 29.4 Å². The van der Waals surface area contributed by atoms with Crippen LogP contribution in [0.3, 0.4) is 0 Å². The van der Waals surface area contributed by atoms with E-state index >= 15 is 0 Å². The van der Waals surface area contributed by atoms with Crippen LogP contribution < -0.4 is 16.4 Å². The van der Waals surface area contributed by atoms with Crippen LogP contribution in [0.5, 0.6) is 0 Å². The number of rotatable bonds is 6. The summed E-state index contributed by atoms with van der Waals surface area (Å²) in [5.41, 5.74) is 5.91. The van der Waals surface area contributed by atoms with Crippen molar-refractivity contribution >= 4 is 45.2 Å². The molecular formula is C43H62N4O9S2+2. The highest BCUT2D eigenvalue weighted by Crippen LogP contribution is 2.63. The Morgan fingerprint density at radius 1 is 1.16 bits per heavy atom. The normalized spacial score (nSPS) is 47.2. The molecule has 7 unspecified atom stereocenters. The molecule has 8 N–H and O–H groups in total. The molecule has 318 valence electrons. The number of esters is 2. The minimum atomic E-state index is -1.34. The zero-order valence-electron chi connectivity index (χ0n) is 33.9. The molecule has 0 radical (unpaired) electrons. The predicted molar refractivity (Wildman–Crippen MR) is 216 cm³/mol. The fraction of sp³-hybridized carbons (Fsp3) is 0.767. The Labute approximate surface area is 348 Å². The molecule has 2 saturated carbocycles. The van der Waals surface area contributed by atoms with E-state index < -0.39 is 23.1 Å². The summed E-state index contributed by atoms with van der Waals surface area (Å²) in [7, 11) is 5.61. The third-order valence-electron chi connectivity index (χ3n) is 16.3. The summed E-state index contributed by atoms with van der Waals surface area (Å²) in [4.78, 5) is 57.4. The van der Waals surface area contributed by atoms with Gasteiger partial charge in [-0.15, -0.1) is 0 Å². The van der Waals surface area contributed by atoms with Crippen molar-refractivity contribution in [2.75, 3.05) is 32.6 Å². The molecule has 9 rings (SSSR count). The molecule has 2 bridgehead atoms. The van der Waals surface area contributed by atoms with Crippen LogP contribution in [0.4, 0.5) is 0 Å². The van der Waals surface area contributed by atoms with E-state index in [1.165, 1.54) is 0 Å². The predicted octanol–water partition coefficient (Wildman–Crippen LogP) is 0.595. The Hall–Kier alpha value is -2.24. The summed E-state index contributed by atoms with van der Waals surface area (Å²) in [6, 6.07) is 0.0714. The number of aliphatic hydroxyl groups is 2. The molecule has 9 aliphatic rings. The second kappa shape index (κ2) is 15.9. The van der Waals surface area contributed by atoms with Gasteiger partial charge in [-0.1, -0.05) is 45.4 Å². The van der Waals surface area contributed by atoms with Gasteiger partial charge in [-0.2, -0.15) is 0 Å². The fourth-order valence-electron chi connectivity index (χ4n) is 13.6. The first-order chi connectivity index (χ1) is 27.9. The highest BCUT2D eigenvalue weighted by Gasteiger charge is 2.71. The molecular weight excluding hydrogens is 781 g/mol. The van der Waals surface area contributed by atoms with E-state index in [0.29, 0.717) is 56.4 Å². The van der Waals surface area contributed by atoms with E-state index in [4.69, 9.17) is 19.9 Å². The summed E-state index contributed by atoms with van der Waals surface area (Å²) < 4.78 is 20.3. The molecule has 5 heterocycles. The molecule has 0 aromatic heterocycles. The Bertz CT molecular complexity index is 1780. The van der Waals surface area contributed by atoms with Gasteiger partial charge in [0.25, 0.3) is 0 Å². The number of nitrogens with zero attached hydrogens (tertiary/aromatic N) is 1. The van der Waals surface area contributed by atoms with Crippen LogP contribution in [0, 0.1) is 47.3 Å². The number of carbonyl (C=O) groups excluding carboxylic acids is 4. The average Bonchev–Trinajstić information content (AvgIpc) is 3.56. The zero-order chi connectivity index (χ0) is 40.7. The maximum absolute atomic E-state index is 14.9. The Morgan fingerprint density at radius 2 is 1.98 bits per heavy atom. The molecule has 4 aliphatic carbocycles. The number of fused-ring (bicyclic) bond motifs is 8. The van der Waals surface area contributed by atoms with Gasteiger partial charge >= 0.3 is 11.9 Å². The monoisotopic (exact) mass is 842 g/mol. The van der Waals surface area contributed by atoms with Crippen molar-refractivity contribution in [1.82, 2.24) is 4.90 Å². The Kier molecular flexibility index (Phi) is 11.3. The fourth-order valence-corrected chi connectivity index (χ4v) is 16.7. The van der Waals surface area contributed by atoms with Gasteiger partial charge in [0.2, 0.25) is 5.91 Å². The van der Waals surface area contributed by atoms with Crippen LogP contribution in [0.25, 0.3) is 0 Å². The van der Waals surface area contributed by atoms with E-state index in [-0.39, 0.29) is 120 Å². The Morgan fingerprint density at radius 3 is 2.74 bits per heavy atom. The maximum atomic E-state index is 14.9. The summed E-state index contributed by atoms with van der Waals surface area (Å²) in [6.45, 7) is 3.86. The molecule has 0 aromatic carbocycles. The topological polar surface area (TPSA) is 199 Å². The lowest BCUT2D eigenvalue weighted by Crippen LogP contribution is -2.96. The van der Waals surface area contributed by atoms with Gasteiger partial charge < -0.3 is 40.0 Å². The number of nitrogens with two attached hydrogens (primary N) is 3. The highest BCUT2D eigenvalue weighted by atomic mass is 33.1. The second-order valence-electron chi connectivity index (χ2n) is 18.9. The minimum Gasteiger partial charge on any atom is -0.462 e. The molecule has 5 aliphatic heterocycles. The van der Waals surface area contributed by atoms with Crippen molar-refractivity contribution in [3.8, 4) is 0 Å². The van der Waals surface area contributed by atoms with Crippen LogP contribution in [-0.2, 0) is 33.4 Å². The number of ether oxygens (including phenoxy) is 3. The van der Waals surface area contributed by atoms with Crippen molar-refractivity contribution in [2.24, 2.45) is 53.1 Å². The smallest absolute Gasteiger partial charge is 0.334 e. The molecule has 15 heteroatoms. The number of amides is 1. The summed E-state index contributed by atoms with van der Waals surface area (Å²) in [5, 5.41) is 25.7. The van der Waals surface area contributed by atoms with Crippen molar-refractivity contribution in [3.63, 3.8) is 0 Å². The first kappa shape index (κ1) is 41.1. The molecule has 13 nitrogen and oxygen atoms in total. The third kappa shape index (κ3) is 6.50. The zero-order valence-corrected chi connectivity index (χ0v) is 35.5. The lowest BCUT2D eigenvalue weighted by Gasteiger charge is -2.61. The quantitative estimate of drug-likeness (QED) is 0.108. The van der Waals surface area contributed by atoms with Gasteiger partial charge in [0, 0.05) is 73.0 Å². The maximum Gasteiger partial charge on any atom is 0.334 e. The summed E-state index contributed by atoms with van der Waals surface area (Å²) in [5.74, 6) is -0.461. The molecule has 0 aromatic rings. The van der Waals surface area contributed by atoms with E-state index in [1.807, 2.05) is 13.0 Å². The molecule has 1 amide bonds. The van der Waals surface area contributed by atoms with E-state index in [2.05, 4.69) is 28.7 Å². The number of ketones is 1. The molecule has 7 fully saturated rings. The van der Waals surface area contributed by atoms with Gasteiger partial charge in [-0.05, 0) is 63.4 Å². The number of allylic oxidation sites excluding steroid dienone is 2. The molecule has 58 heavy (non-hydrogen) atoms. The molecule has 1 spiro atoms. The lowest BCUT2D eigenvalue weighted by molar-refractivity contribution is -0.706. The van der Waals surface area contributed by atoms with Gasteiger partial charge in [0.15, 0.2) is 5.78 Å². The van der Waals surface area contributed by atoms with E-state index in [0.717, 1.165) is 18.4 Å².